The van der Waals surface area contributed by atoms with Gasteiger partial charge in [-0.05, 0) is 26.0 Å². The topological polar surface area (TPSA) is 75.0 Å². The Balaban J connectivity index is 1.43. The van der Waals surface area contributed by atoms with E-state index in [0.717, 1.165) is 14.7 Å². The summed E-state index contributed by atoms with van der Waals surface area (Å²) in [7, 11) is -3.53. The van der Waals surface area contributed by atoms with Gasteiger partial charge in [0.2, 0.25) is 15.9 Å². The molecule has 11 heteroatoms. The number of hydrogen-bond donors (Lipinski definition) is 0. The van der Waals surface area contributed by atoms with Crippen molar-refractivity contribution in [2.24, 2.45) is 0 Å². The molecule has 0 aromatic carbocycles. The zero-order chi connectivity index (χ0) is 20.8. The molecule has 3 aromatic rings. The summed E-state index contributed by atoms with van der Waals surface area (Å²) >= 11 is 9.09. The molecule has 1 aliphatic heterocycles. The van der Waals surface area contributed by atoms with Crippen molar-refractivity contribution < 1.29 is 13.2 Å². The van der Waals surface area contributed by atoms with Crippen molar-refractivity contribution in [2.75, 3.05) is 26.2 Å². The Labute approximate surface area is 181 Å². The van der Waals surface area contributed by atoms with Gasteiger partial charge in [0.25, 0.3) is 0 Å². The average molecular weight is 471 g/mol. The van der Waals surface area contributed by atoms with Gasteiger partial charge in [-0.3, -0.25) is 9.20 Å². The van der Waals surface area contributed by atoms with E-state index in [-0.39, 0.29) is 19.0 Å². The molecule has 0 aliphatic carbocycles. The van der Waals surface area contributed by atoms with Crippen LogP contribution in [0, 0.1) is 13.8 Å². The fraction of sp³-hybridized carbons (Fsp3) is 0.333. The summed E-state index contributed by atoms with van der Waals surface area (Å²) in [5, 5.41) is 2.24. The molecule has 7 nitrogen and oxygen atoms in total. The smallest absolute Gasteiger partial charge is 0.246 e. The summed E-state index contributed by atoms with van der Waals surface area (Å²) in [6.45, 7) is 4.96. The first-order valence-electron chi connectivity index (χ1n) is 8.92. The third-order valence-corrected chi connectivity index (χ3v) is 8.96. The minimum absolute atomic E-state index is 0.175. The van der Waals surface area contributed by atoms with Crippen molar-refractivity contribution in [1.29, 1.82) is 0 Å². The Morgan fingerprint density at radius 3 is 2.62 bits per heavy atom. The highest BCUT2D eigenvalue weighted by Gasteiger charge is 2.31. The summed E-state index contributed by atoms with van der Waals surface area (Å²) in [6, 6.07) is 1.72. The van der Waals surface area contributed by atoms with Gasteiger partial charge in [-0.2, -0.15) is 4.31 Å². The van der Waals surface area contributed by atoms with Crippen LogP contribution < -0.4 is 0 Å². The van der Waals surface area contributed by atoms with Crippen molar-refractivity contribution in [3.8, 4) is 0 Å². The number of carbonyl (C=O) groups excluding carboxylic acids is 1. The maximum atomic E-state index is 12.9. The molecule has 0 radical (unpaired) electrons. The van der Waals surface area contributed by atoms with Gasteiger partial charge in [0.15, 0.2) is 10.1 Å². The number of rotatable bonds is 4. The Kier molecular flexibility index (Phi) is 5.56. The van der Waals surface area contributed by atoms with Gasteiger partial charge < -0.3 is 4.90 Å². The standard InChI is InChI=1S/C18H19ClN4O3S3/c1-12-11-15(13(2)28-12)29(25,26)22-7-5-21(6-8-22)16(24)4-3-14-17(19)20-18-23(14)9-10-27-18/h3-4,9-11H,5-8H2,1-2H3/b4-3+. The molecule has 0 atom stereocenters. The summed E-state index contributed by atoms with van der Waals surface area (Å²) in [5.74, 6) is -0.175. The lowest BCUT2D eigenvalue weighted by atomic mass is 10.3. The molecular formula is C18H19ClN4O3S3. The van der Waals surface area contributed by atoms with Crippen LogP contribution in [-0.4, -0.2) is 59.1 Å². The molecule has 1 fully saturated rings. The largest absolute Gasteiger partial charge is 0.337 e. The molecule has 0 N–H and O–H groups in total. The second-order valence-electron chi connectivity index (χ2n) is 6.68. The minimum atomic E-state index is -3.53. The van der Waals surface area contributed by atoms with Gasteiger partial charge in [0, 0.05) is 53.6 Å². The SMILES string of the molecule is Cc1cc(S(=O)(=O)N2CCN(C(=O)/C=C/c3c(Cl)nc4sccn34)CC2)c(C)s1. The third kappa shape index (κ3) is 3.87. The van der Waals surface area contributed by atoms with Crippen molar-refractivity contribution in [3.63, 3.8) is 0 Å². The molecular weight excluding hydrogens is 452 g/mol. The predicted octanol–water partition coefficient (Wildman–Crippen LogP) is 3.27. The minimum Gasteiger partial charge on any atom is -0.337 e. The highest BCUT2D eigenvalue weighted by atomic mass is 35.5. The molecule has 3 aromatic heterocycles. The van der Waals surface area contributed by atoms with E-state index >= 15 is 0 Å². The van der Waals surface area contributed by atoms with Crippen molar-refractivity contribution in [3.05, 3.63) is 44.3 Å². The summed E-state index contributed by atoms with van der Waals surface area (Å²) in [4.78, 5) is 21.3. The van der Waals surface area contributed by atoms with E-state index in [1.54, 1.807) is 17.0 Å². The van der Waals surface area contributed by atoms with Gasteiger partial charge in [0.05, 0.1) is 10.6 Å². The Morgan fingerprint density at radius 1 is 1.24 bits per heavy atom. The van der Waals surface area contributed by atoms with Crippen LogP contribution in [0.3, 0.4) is 0 Å². The fourth-order valence-corrected chi connectivity index (χ4v) is 7.28. The van der Waals surface area contributed by atoms with Crippen LogP contribution in [0.4, 0.5) is 0 Å². The van der Waals surface area contributed by atoms with Crippen molar-refractivity contribution in [1.82, 2.24) is 18.6 Å². The molecule has 0 saturated carbocycles. The van der Waals surface area contributed by atoms with E-state index in [4.69, 9.17) is 11.6 Å². The van der Waals surface area contributed by atoms with Crippen molar-refractivity contribution in [2.45, 2.75) is 18.7 Å². The lowest BCUT2D eigenvalue weighted by molar-refractivity contribution is -0.127. The van der Waals surface area contributed by atoms with Crippen LogP contribution in [0.2, 0.25) is 5.15 Å². The number of piperazine rings is 1. The van der Waals surface area contributed by atoms with Gasteiger partial charge in [-0.15, -0.1) is 22.7 Å². The maximum Gasteiger partial charge on any atom is 0.246 e. The number of fused-ring (bicyclic) bond motifs is 1. The van der Waals surface area contributed by atoms with Crippen LogP contribution >= 0.6 is 34.3 Å². The zero-order valence-corrected chi connectivity index (χ0v) is 19.0. The van der Waals surface area contributed by atoms with E-state index in [1.165, 1.54) is 33.1 Å². The number of carbonyl (C=O) groups is 1. The average Bonchev–Trinajstić information content (AvgIpc) is 3.35. The van der Waals surface area contributed by atoms with Crippen LogP contribution in [-0.2, 0) is 14.8 Å². The first-order chi connectivity index (χ1) is 13.8. The van der Waals surface area contributed by atoms with Crippen LogP contribution in [0.25, 0.3) is 11.0 Å². The van der Waals surface area contributed by atoms with Crippen LogP contribution in [0.15, 0.2) is 28.6 Å². The number of amides is 1. The molecule has 154 valence electrons. The molecule has 0 spiro atoms. The third-order valence-electron chi connectivity index (χ3n) is 4.80. The summed E-state index contributed by atoms with van der Waals surface area (Å²) < 4.78 is 29.1. The summed E-state index contributed by atoms with van der Waals surface area (Å²) in [5.41, 5.74) is 0.654. The number of halogens is 1. The van der Waals surface area contributed by atoms with E-state index < -0.39 is 10.0 Å². The second-order valence-corrected chi connectivity index (χ2v) is 11.3. The lowest BCUT2D eigenvalue weighted by Crippen LogP contribution is -2.50. The first-order valence-corrected chi connectivity index (χ1v) is 12.4. The highest BCUT2D eigenvalue weighted by Crippen LogP contribution is 2.28. The van der Waals surface area contributed by atoms with Gasteiger partial charge in [0.1, 0.15) is 0 Å². The van der Waals surface area contributed by atoms with E-state index in [0.29, 0.717) is 28.8 Å². The van der Waals surface area contributed by atoms with Gasteiger partial charge in [-0.1, -0.05) is 11.6 Å². The predicted molar refractivity (Wildman–Crippen MR) is 116 cm³/mol. The number of aryl methyl sites for hydroxylation is 2. The molecule has 4 heterocycles. The molecule has 4 rings (SSSR count). The first kappa shape index (κ1) is 20.5. The van der Waals surface area contributed by atoms with E-state index in [9.17, 15) is 13.2 Å². The fourth-order valence-electron chi connectivity index (χ4n) is 3.33. The highest BCUT2D eigenvalue weighted by molar-refractivity contribution is 7.89. The Bertz CT molecular complexity index is 1200. The number of thiophene rings is 1. The number of nitrogens with zero attached hydrogens (tertiary/aromatic N) is 4. The number of sulfonamides is 1. The second kappa shape index (κ2) is 7.84. The Morgan fingerprint density at radius 2 is 1.97 bits per heavy atom. The molecule has 0 unspecified atom stereocenters. The van der Waals surface area contributed by atoms with Gasteiger partial charge in [-0.25, -0.2) is 13.4 Å². The molecule has 1 saturated heterocycles. The lowest BCUT2D eigenvalue weighted by Gasteiger charge is -2.33. The quantitative estimate of drug-likeness (QED) is 0.548. The van der Waals surface area contributed by atoms with E-state index in [2.05, 4.69) is 4.98 Å². The zero-order valence-electron chi connectivity index (χ0n) is 15.8. The maximum absolute atomic E-state index is 12.9. The normalized spacial score (nSPS) is 16.3. The van der Waals surface area contributed by atoms with Crippen LogP contribution in [0.1, 0.15) is 15.4 Å². The van der Waals surface area contributed by atoms with Crippen LogP contribution in [0.5, 0.6) is 0 Å². The molecule has 29 heavy (non-hydrogen) atoms. The Hall–Kier alpha value is -1.72. The monoisotopic (exact) mass is 470 g/mol. The molecule has 0 bridgehead atoms. The number of aromatic nitrogens is 2. The number of hydrogen-bond acceptors (Lipinski definition) is 6. The van der Waals surface area contributed by atoms with Crippen molar-refractivity contribution >= 4 is 61.2 Å². The number of imidazole rings is 1. The summed E-state index contributed by atoms with van der Waals surface area (Å²) in [6.07, 6.45) is 4.96. The number of thiazole rings is 1. The van der Waals surface area contributed by atoms with E-state index in [1.807, 2.05) is 29.8 Å². The molecule has 1 amide bonds. The molecule has 1 aliphatic rings. The van der Waals surface area contributed by atoms with Gasteiger partial charge >= 0.3 is 0 Å².